The molecule has 0 unspecified atom stereocenters. The zero-order chi connectivity index (χ0) is 18.7. The van der Waals surface area contributed by atoms with Gasteiger partial charge < -0.3 is 15.1 Å². The molecule has 2 N–H and O–H groups in total. The Kier molecular flexibility index (Phi) is 5.32. The molecule has 3 aromatic rings. The lowest BCUT2D eigenvalue weighted by atomic mass is 10.1. The van der Waals surface area contributed by atoms with Crippen molar-refractivity contribution in [3.63, 3.8) is 0 Å². The van der Waals surface area contributed by atoms with Gasteiger partial charge in [0.05, 0.1) is 12.6 Å². The molecule has 0 saturated heterocycles. The Balaban J connectivity index is 1.55. The van der Waals surface area contributed by atoms with E-state index in [0.717, 1.165) is 23.1 Å². The maximum absolute atomic E-state index is 13.3. The van der Waals surface area contributed by atoms with Crippen LogP contribution in [-0.4, -0.2) is 12.5 Å². The first-order chi connectivity index (χ1) is 12.4. The highest BCUT2D eigenvalue weighted by Gasteiger charge is 2.15. The number of rotatable bonds is 6. The minimum absolute atomic E-state index is 0.0464. The molecule has 0 saturated carbocycles. The predicted molar refractivity (Wildman–Crippen MR) is 95.5 cm³/mol. The van der Waals surface area contributed by atoms with E-state index >= 15 is 0 Å². The second-order valence-electron chi connectivity index (χ2n) is 6.25. The molecule has 1 amide bonds. The lowest BCUT2D eigenvalue weighted by molar-refractivity contribution is -0.121. The van der Waals surface area contributed by atoms with Gasteiger partial charge in [-0.3, -0.25) is 4.79 Å². The summed E-state index contributed by atoms with van der Waals surface area (Å²) in [5.41, 5.74) is 1.34. The Morgan fingerprint density at radius 1 is 1.04 bits per heavy atom. The van der Waals surface area contributed by atoms with Crippen molar-refractivity contribution in [3.05, 3.63) is 71.5 Å². The van der Waals surface area contributed by atoms with Crippen LogP contribution < -0.4 is 10.6 Å². The summed E-state index contributed by atoms with van der Waals surface area (Å²) in [5, 5.41) is 6.83. The summed E-state index contributed by atoms with van der Waals surface area (Å²) in [5.74, 6) is -1.34. The molecule has 0 bridgehead atoms. The SMILES string of the molecule is C[C@@H](NCC(=O)N[C@H](C)c1cc2ccccc2o1)c1ccc(F)c(F)c1. The van der Waals surface area contributed by atoms with Crippen LogP contribution in [0, 0.1) is 11.6 Å². The molecule has 136 valence electrons. The zero-order valence-corrected chi connectivity index (χ0v) is 14.6. The van der Waals surface area contributed by atoms with E-state index in [1.54, 1.807) is 6.92 Å². The molecule has 4 nitrogen and oxygen atoms in total. The average Bonchev–Trinajstić information content (AvgIpc) is 3.06. The molecular formula is C20H20F2N2O2. The first kappa shape index (κ1) is 18.1. The molecule has 0 aliphatic heterocycles. The highest BCUT2D eigenvalue weighted by Crippen LogP contribution is 2.23. The third-order valence-corrected chi connectivity index (χ3v) is 4.26. The van der Waals surface area contributed by atoms with Crippen LogP contribution in [-0.2, 0) is 4.79 Å². The van der Waals surface area contributed by atoms with Crippen molar-refractivity contribution in [2.24, 2.45) is 0 Å². The number of para-hydroxylation sites is 1. The summed E-state index contributed by atoms with van der Waals surface area (Å²) >= 11 is 0. The number of nitrogens with one attached hydrogen (secondary N) is 2. The van der Waals surface area contributed by atoms with E-state index in [2.05, 4.69) is 10.6 Å². The monoisotopic (exact) mass is 358 g/mol. The largest absolute Gasteiger partial charge is 0.459 e. The fourth-order valence-electron chi connectivity index (χ4n) is 2.72. The third-order valence-electron chi connectivity index (χ3n) is 4.26. The maximum atomic E-state index is 13.3. The molecule has 0 radical (unpaired) electrons. The van der Waals surface area contributed by atoms with Crippen molar-refractivity contribution in [1.82, 2.24) is 10.6 Å². The number of halogens is 2. The van der Waals surface area contributed by atoms with Gasteiger partial charge in [0.1, 0.15) is 11.3 Å². The average molecular weight is 358 g/mol. The number of furan rings is 1. The molecule has 26 heavy (non-hydrogen) atoms. The number of fused-ring (bicyclic) bond motifs is 1. The van der Waals surface area contributed by atoms with Gasteiger partial charge in [-0.15, -0.1) is 0 Å². The van der Waals surface area contributed by atoms with E-state index in [-0.39, 0.29) is 24.5 Å². The van der Waals surface area contributed by atoms with Crippen LogP contribution >= 0.6 is 0 Å². The normalized spacial score (nSPS) is 13.5. The Bertz CT molecular complexity index is 890. The molecule has 6 heteroatoms. The highest BCUT2D eigenvalue weighted by molar-refractivity contribution is 5.80. The maximum Gasteiger partial charge on any atom is 0.234 e. The van der Waals surface area contributed by atoms with Crippen molar-refractivity contribution in [2.75, 3.05) is 6.54 Å². The van der Waals surface area contributed by atoms with Gasteiger partial charge in [-0.2, -0.15) is 0 Å². The molecule has 2 atom stereocenters. The minimum Gasteiger partial charge on any atom is -0.459 e. The van der Waals surface area contributed by atoms with Gasteiger partial charge >= 0.3 is 0 Å². The summed E-state index contributed by atoms with van der Waals surface area (Å²) in [4.78, 5) is 12.1. The summed E-state index contributed by atoms with van der Waals surface area (Å²) in [6.07, 6.45) is 0. The lowest BCUT2D eigenvalue weighted by Crippen LogP contribution is -2.36. The molecule has 0 aliphatic carbocycles. The van der Waals surface area contributed by atoms with E-state index < -0.39 is 11.6 Å². The van der Waals surface area contributed by atoms with Crippen molar-refractivity contribution in [2.45, 2.75) is 25.9 Å². The Morgan fingerprint density at radius 2 is 1.81 bits per heavy atom. The quantitative estimate of drug-likeness (QED) is 0.693. The number of hydrogen-bond donors (Lipinski definition) is 2. The molecule has 0 spiro atoms. The van der Waals surface area contributed by atoms with E-state index in [0.29, 0.717) is 11.3 Å². The number of carbonyl (C=O) groups excluding carboxylic acids is 1. The van der Waals surface area contributed by atoms with Crippen LogP contribution in [0.3, 0.4) is 0 Å². The first-order valence-electron chi connectivity index (χ1n) is 8.40. The number of benzene rings is 2. The fourth-order valence-corrected chi connectivity index (χ4v) is 2.72. The van der Waals surface area contributed by atoms with Crippen LogP contribution in [0.25, 0.3) is 11.0 Å². The van der Waals surface area contributed by atoms with E-state index in [9.17, 15) is 13.6 Å². The van der Waals surface area contributed by atoms with Gasteiger partial charge in [0.2, 0.25) is 5.91 Å². The van der Waals surface area contributed by atoms with Gasteiger partial charge in [0, 0.05) is 11.4 Å². The van der Waals surface area contributed by atoms with Gasteiger partial charge in [-0.1, -0.05) is 24.3 Å². The van der Waals surface area contributed by atoms with Crippen molar-refractivity contribution >= 4 is 16.9 Å². The molecular weight excluding hydrogens is 338 g/mol. The van der Waals surface area contributed by atoms with Crippen molar-refractivity contribution in [3.8, 4) is 0 Å². The Morgan fingerprint density at radius 3 is 2.54 bits per heavy atom. The van der Waals surface area contributed by atoms with E-state index in [1.165, 1.54) is 6.07 Å². The highest BCUT2D eigenvalue weighted by atomic mass is 19.2. The second-order valence-corrected chi connectivity index (χ2v) is 6.25. The predicted octanol–water partition coefficient (Wildman–Crippen LogP) is 4.24. The summed E-state index contributed by atoms with van der Waals surface area (Å²) in [6, 6.07) is 12.7. The molecule has 1 aromatic heterocycles. The van der Waals surface area contributed by atoms with Gasteiger partial charge in [-0.05, 0) is 43.7 Å². The van der Waals surface area contributed by atoms with Crippen LogP contribution in [0.2, 0.25) is 0 Å². The van der Waals surface area contributed by atoms with E-state index in [1.807, 2.05) is 37.3 Å². The van der Waals surface area contributed by atoms with Gasteiger partial charge in [0.15, 0.2) is 11.6 Å². The van der Waals surface area contributed by atoms with Gasteiger partial charge in [0.25, 0.3) is 0 Å². The summed E-state index contributed by atoms with van der Waals surface area (Å²) in [7, 11) is 0. The molecule has 0 fully saturated rings. The molecule has 2 aromatic carbocycles. The fraction of sp³-hybridized carbons (Fsp3) is 0.250. The van der Waals surface area contributed by atoms with Crippen LogP contribution in [0.5, 0.6) is 0 Å². The van der Waals surface area contributed by atoms with Gasteiger partial charge in [-0.25, -0.2) is 8.78 Å². The minimum atomic E-state index is -0.904. The summed E-state index contributed by atoms with van der Waals surface area (Å²) in [6.45, 7) is 3.67. The number of amides is 1. The standard InChI is InChI=1S/C20H20F2N2O2/c1-12(14-7-8-16(21)17(22)9-14)23-11-20(25)24-13(2)19-10-15-5-3-4-6-18(15)26-19/h3-10,12-13,23H,11H2,1-2H3,(H,24,25)/t12-,13-/m1/s1. The first-order valence-corrected chi connectivity index (χ1v) is 8.40. The van der Waals surface area contributed by atoms with Crippen LogP contribution in [0.4, 0.5) is 8.78 Å². The smallest absolute Gasteiger partial charge is 0.234 e. The Labute approximate surface area is 150 Å². The molecule has 0 aliphatic rings. The molecule has 1 heterocycles. The Hall–Kier alpha value is -2.73. The zero-order valence-electron chi connectivity index (χ0n) is 14.6. The van der Waals surface area contributed by atoms with Crippen LogP contribution in [0.1, 0.15) is 37.3 Å². The van der Waals surface area contributed by atoms with Crippen molar-refractivity contribution in [1.29, 1.82) is 0 Å². The van der Waals surface area contributed by atoms with Crippen LogP contribution in [0.15, 0.2) is 52.9 Å². The number of hydrogen-bond acceptors (Lipinski definition) is 3. The third kappa shape index (κ3) is 4.08. The van der Waals surface area contributed by atoms with Crippen molar-refractivity contribution < 1.29 is 18.0 Å². The lowest BCUT2D eigenvalue weighted by Gasteiger charge is -2.16. The topological polar surface area (TPSA) is 54.3 Å². The molecule has 3 rings (SSSR count). The number of carbonyl (C=O) groups is 1. The second kappa shape index (κ2) is 7.66. The van der Waals surface area contributed by atoms with E-state index in [4.69, 9.17) is 4.42 Å². The summed E-state index contributed by atoms with van der Waals surface area (Å²) < 4.78 is 32.0.